The first-order valence-electron chi connectivity index (χ1n) is 9.08. The number of methoxy groups -OCH3 is 1. The highest BCUT2D eigenvalue weighted by molar-refractivity contribution is 5.91. The van der Waals surface area contributed by atoms with Crippen molar-refractivity contribution in [3.63, 3.8) is 0 Å². The molecule has 0 radical (unpaired) electrons. The first kappa shape index (κ1) is 21.1. The number of nitrogens with two attached hydrogens (primary N) is 1. The Labute approximate surface area is 165 Å². The average molecular weight is 386 g/mol. The van der Waals surface area contributed by atoms with E-state index in [1.807, 2.05) is 32.0 Å². The lowest BCUT2D eigenvalue weighted by Crippen LogP contribution is -2.34. The fourth-order valence-corrected chi connectivity index (χ4v) is 2.60. The van der Waals surface area contributed by atoms with Gasteiger partial charge in [0, 0.05) is 18.8 Å². The van der Waals surface area contributed by atoms with E-state index in [1.54, 1.807) is 36.3 Å². The molecule has 2 rings (SSSR count). The van der Waals surface area contributed by atoms with E-state index < -0.39 is 5.97 Å². The largest absolute Gasteiger partial charge is 0.493 e. The normalized spacial score (nSPS) is 10.2. The maximum absolute atomic E-state index is 12.5. The molecule has 0 fully saturated rings. The molecule has 0 aliphatic rings. The Bertz CT molecular complexity index is 805. The number of rotatable bonds is 9. The lowest BCUT2D eigenvalue weighted by Gasteiger charge is -2.21. The highest BCUT2D eigenvalue weighted by Gasteiger charge is 2.16. The van der Waals surface area contributed by atoms with Crippen LogP contribution < -0.4 is 15.2 Å². The van der Waals surface area contributed by atoms with E-state index in [2.05, 4.69) is 0 Å². The zero-order valence-corrected chi connectivity index (χ0v) is 16.4. The lowest BCUT2D eigenvalue weighted by molar-refractivity contribution is -0.134. The van der Waals surface area contributed by atoms with E-state index >= 15 is 0 Å². The first-order valence-corrected chi connectivity index (χ1v) is 9.08. The first-order chi connectivity index (χ1) is 13.5. The predicted octanol–water partition coefficient (Wildman–Crippen LogP) is 2.88. The SMILES string of the molecule is CCOc1ccc(CN(CC)C(=O)COC(=O)c2ccc(N)cc2)cc1OC. The highest BCUT2D eigenvalue weighted by atomic mass is 16.5. The molecule has 0 aromatic heterocycles. The number of hydrogen-bond donors (Lipinski definition) is 1. The van der Waals surface area contributed by atoms with Crippen molar-refractivity contribution in [2.45, 2.75) is 20.4 Å². The number of amides is 1. The van der Waals surface area contributed by atoms with Gasteiger partial charge in [-0.3, -0.25) is 4.79 Å². The fourth-order valence-electron chi connectivity index (χ4n) is 2.60. The van der Waals surface area contributed by atoms with Crippen molar-refractivity contribution in [2.24, 2.45) is 0 Å². The van der Waals surface area contributed by atoms with Crippen LogP contribution in [0.2, 0.25) is 0 Å². The second kappa shape index (κ2) is 10.2. The second-order valence-electron chi connectivity index (χ2n) is 6.02. The quantitative estimate of drug-likeness (QED) is 0.526. The number of likely N-dealkylation sites (N-methyl/N-ethyl adjacent to an activating group) is 1. The maximum atomic E-state index is 12.5. The van der Waals surface area contributed by atoms with Crippen LogP contribution in [0.4, 0.5) is 5.69 Å². The van der Waals surface area contributed by atoms with Crippen LogP contribution >= 0.6 is 0 Å². The number of carbonyl (C=O) groups excluding carboxylic acids is 2. The average Bonchev–Trinajstić information content (AvgIpc) is 2.71. The van der Waals surface area contributed by atoms with Crippen LogP contribution in [-0.4, -0.2) is 43.6 Å². The van der Waals surface area contributed by atoms with Crippen LogP contribution in [-0.2, 0) is 16.1 Å². The molecule has 28 heavy (non-hydrogen) atoms. The van der Waals surface area contributed by atoms with Crippen LogP contribution in [0.3, 0.4) is 0 Å². The summed E-state index contributed by atoms with van der Waals surface area (Å²) in [6.45, 7) is 4.83. The maximum Gasteiger partial charge on any atom is 0.338 e. The Kier molecular flexibility index (Phi) is 7.68. The number of nitrogens with zero attached hydrogens (tertiary/aromatic N) is 1. The number of ether oxygens (including phenoxy) is 3. The number of nitrogen functional groups attached to an aromatic ring is 1. The molecule has 0 saturated carbocycles. The molecule has 0 saturated heterocycles. The van der Waals surface area contributed by atoms with Crippen molar-refractivity contribution < 1.29 is 23.8 Å². The summed E-state index contributed by atoms with van der Waals surface area (Å²) in [7, 11) is 1.57. The molecule has 2 aromatic rings. The lowest BCUT2D eigenvalue weighted by atomic mass is 10.2. The third-order valence-electron chi connectivity index (χ3n) is 4.11. The molecule has 0 aliphatic carbocycles. The Morgan fingerprint density at radius 3 is 2.36 bits per heavy atom. The van der Waals surface area contributed by atoms with E-state index in [0.29, 0.717) is 42.4 Å². The van der Waals surface area contributed by atoms with Gasteiger partial charge in [-0.2, -0.15) is 0 Å². The van der Waals surface area contributed by atoms with Gasteiger partial charge in [-0.25, -0.2) is 4.79 Å². The van der Waals surface area contributed by atoms with Gasteiger partial charge >= 0.3 is 5.97 Å². The van der Waals surface area contributed by atoms with Crippen molar-refractivity contribution in [3.8, 4) is 11.5 Å². The van der Waals surface area contributed by atoms with Gasteiger partial charge in [0.25, 0.3) is 5.91 Å². The molecule has 7 nitrogen and oxygen atoms in total. The second-order valence-corrected chi connectivity index (χ2v) is 6.02. The molecule has 2 aromatic carbocycles. The van der Waals surface area contributed by atoms with E-state index in [-0.39, 0.29) is 12.5 Å². The van der Waals surface area contributed by atoms with Crippen molar-refractivity contribution >= 4 is 17.6 Å². The van der Waals surface area contributed by atoms with E-state index in [4.69, 9.17) is 19.9 Å². The predicted molar refractivity (Wildman–Crippen MR) is 106 cm³/mol. The fraction of sp³-hybridized carbons (Fsp3) is 0.333. The number of hydrogen-bond acceptors (Lipinski definition) is 6. The van der Waals surface area contributed by atoms with E-state index in [0.717, 1.165) is 5.56 Å². The molecule has 0 heterocycles. The third-order valence-corrected chi connectivity index (χ3v) is 4.11. The van der Waals surface area contributed by atoms with Gasteiger partial charge in [0.15, 0.2) is 18.1 Å². The minimum atomic E-state index is -0.563. The summed E-state index contributed by atoms with van der Waals surface area (Å²) in [5.41, 5.74) is 7.39. The zero-order chi connectivity index (χ0) is 20.5. The summed E-state index contributed by atoms with van der Waals surface area (Å²) in [5, 5.41) is 0. The molecule has 2 N–H and O–H groups in total. The summed E-state index contributed by atoms with van der Waals surface area (Å²) in [6, 6.07) is 11.9. The standard InChI is InChI=1S/C21H26N2O5/c1-4-23(13-15-6-11-18(27-5-2)19(12-15)26-3)20(24)14-28-21(25)16-7-9-17(22)10-8-16/h6-12H,4-5,13-14,22H2,1-3H3. The number of carbonyl (C=O) groups is 2. The Morgan fingerprint density at radius 2 is 1.75 bits per heavy atom. The number of anilines is 1. The minimum Gasteiger partial charge on any atom is -0.493 e. The number of benzene rings is 2. The minimum absolute atomic E-state index is 0.279. The molecule has 0 unspecified atom stereocenters. The van der Waals surface area contributed by atoms with Gasteiger partial charge in [-0.15, -0.1) is 0 Å². The van der Waals surface area contributed by atoms with Crippen molar-refractivity contribution in [1.29, 1.82) is 0 Å². The molecule has 0 spiro atoms. The van der Waals surface area contributed by atoms with Crippen LogP contribution in [0.25, 0.3) is 0 Å². The van der Waals surface area contributed by atoms with Gasteiger partial charge in [-0.05, 0) is 55.8 Å². The van der Waals surface area contributed by atoms with Crippen molar-refractivity contribution in [1.82, 2.24) is 4.90 Å². The molecule has 0 bridgehead atoms. The molecular weight excluding hydrogens is 360 g/mol. The summed E-state index contributed by atoms with van der Waals surface area (Å²) in [4.78, 5) is 26.1. The smallest absolute Gasteiger partial charge is 0.338 e. The molecule has 7 heteroatoms. The molecule has 150 valence electrons. The third kappa shape index (κ3) is 5.64. The van der Waals surface area contributed by atoms with Crippen molar-refractivity contribution in [3.05, 3.63) is 53.6 Å². The Balaban J connectivity index is 1.97. The van der Waals surface area contributed by atoms with E-state index in [9.17, 15) is 9.59 Å². The van der Waals surface area contributed by atoms with Crippen molar-refractivity contribution in [2.75, 3.05) is 32.6 Å². The number of esters is 1. The van der Waals surface area contributed by atoms with Gasteiger partial charge in [0.05, 0.1) is 19.3 Å². The van der Waals surface area contributed by atoms with Gasteiger partial charge < -0.3 is 24.8 Å². The van der Waals surface area contributed by atoms with Crippen LogP contribution in [0.1, 0.15) is 29.8 Å². The molecule has 0 atom stereocenters. The van der Waals surface area contributed by atoms with Gasteiger partial charge in [0.1, 0.15) is 0 Å². The van der Waals surface area contributed by atoms with Crippen LogP contribution in [0, 0.1) is 0 Å². The van der Waals surface area contributed by atoms with Crippen LogP contribution in [0.15, 0.2) is 42.5 Å². The monoisotopic (exact) mass is 386 g/mol. The molecule has 0 aliphatic heterocycles. The van der Waals surface area contributed by atoms with Gasteiger partial charge in [0.2, 0.25) is 0 Å². The summed E-state index contributed by atoms with van der Waals surface area (Å²) < 4.78 is 16.0. The summed E-state index contributed by atoms with van der Waals surface area (Å²) in [5.74, 6) is 0.421. The Morgan fingerprint density at radius 1 is 1.04 bits per heavy atom. The zero-order valence-electron chi connectivity index (χ0n) is 16.4. The topological polar surface area (TPSA) is 91.1 Å². The highest BCUT2D eigenvalue weighted by Crippen LogP contribution is 2.28. The summed E-state index contributed by atoms with van der Waals surface area (Å²) >= 11 is 0. The Hall–Kier alpha value is -3.22. The van der Waals surface area contributed by atoms with Gasteiger partial charge in [-0.1, -0.05) is 6.07 Å². The summed E-state index contributed by atoms with van der Waals surface area (Å²) in [6.07, 6.45) is 0. The molecule has 1 amide bonds. The molecular formula is C21H26N2O5. The van der Waals surface area contributed by atoms with E-state index in [1.165, 1.54) is 0 Å². The van der Waals surface area contributed by atoms with Crippen LogP contribution in [0.5, 0.6) is 11.5 Å².